The van der Waals surface area contributed by atoms with Crippen molar-refractivity contribution in [1.82, 2.24) is 5.32 Å². The number of hydrogen-bond acceptors (Lipinski definition) is 5. The van der Waals surface area contributed by atoms with Crippen molar-refractivity contribution in [3.8, 4) is 5.75 Å². The van der Waals surface area contributed by atoms with Crippen LogP contribution in [0.15, 0.2) is 18.2 Å². The van der Waals surface area contributed by atoms with E-state index in [9.17, 15) is 9.59 Å². The second kappa shape index (κ2) is 11.1. The maximum atomic E-state index is 12.2. The summed E-state index contributed by atoms with van der Waals surface area (Å²) in [5.74, 6) is 0.654. The first-order chi connectivity index (χ1) is 13.0. The Balaban J connectivity index is 2.90. The summed E-state index contributed by atoms with van der Waals surface area (Å²) in [6, 6.07) is 5.53. The molecule has 6 nitrogen and oxygen atoms in total. The maximum absolute atomic E-state index is 12.2. The molecule has 0 radical (unpaired) electrons. The lowest BCUT2D eigenvalue weighted by Gasteiger charge is -2.26. The number of Topliss-reactive ketones (excluding diaryl/α,β-unsaturated/α-hetero) is 1. The van der Waals surface area contributed by atoms with Crippen molar-refractivity contribution in [2.45, 2.75) is 66.0 Å². The smallest absolute Gasteiger partial charge is 0.407 e. The Labute approximate surface area is 168 Å². The van der Waals surface area contributed by atoms with Crippen LogP contribution in [0, 0.1) is 5.92 Å². The molecule has 0 spiro atoms. The molecule has 0 aliphatic heterocycles. The van der Waals surface area contributed by atoms with Gasteiger partial charge in [0.15, 0.2) is 5.78 Å². The van der Waals surface area contributed by atoms with Crippen LogP contribution in [0.3, 0.4) is 0 Å². The molecule has 0 saturated carbocycles. The monoisotopic (exact) mass is 393 g/mol. The van der Waals surface area contributed by atoms with Crippen LogP contribution in [-0.4, -0.2) is 43.8 Å². The fraction of sp³-hybridized carbons (Fsp3) is 0.636. The average molecular weight is 394 g/mol. The molecule has 1 rings (SSSR count). The van der Waals surface area contributed by atoms with E-state index < -0.39 is 6.09 Å². The summed E-state index contributed by atoms with van der Waals surface area (Å²) in [7, 11) is 1.64. The van der Waals surface area contributed by atoms with E-state index >= 15 is 0 Å². The van der Waals surface area contributed by atoms with Gasteiger partial charge in [0.05, 0.1) is 12.2 Å². The summed E-state index contributed by atoms with van der Waals surface area (Å²) < 4.78 is 16.5. The Kier molecular flexibility index (Phi) is 9.46. The molecule has 0 aromatic heterocycles. The fourth-order valence-corrected chi connectivity index (χ4v) is 2.61. The van der Waals surface area contributed by atoms with Crippen LogP contribution in [0.1, 0.15) is 63.9 Å². The molecule has 1 aromatic carbocycles. The quantitative estimate of drug-likeness (QED) is 0.471. The number of hydrogen-bond donors (Lipinski definition) is 1. The number of carbonyl (C=O) groups excluding carboxylic acids is 2. The van der Waals surface area contributed by atoms with Gasteiger partial charge >= 0.3 is 6.09 Å². The number of rotatable bonds is 10. The number of carbonyl (C=O) groups is 2. The highest BCUT2D eigenvalue weighted by molar-refractivity contribution is 5.96. The molecule has 0 aliphatic rings. The molecule has 6 heteroatoms. The topological polar surface area (TPSA) is 73.9 Å². The predicted molar refractivity (Wildman–Crippen MR) is 110 cm³/mol. The first-order valence-electron chi connectivity index (χ1n) is 9.78. The summed E-state index contributed by atoms with van der Waals surface area (Å²) in [6.45, 7) is 12.3. The van der Waals surface area contributed by atoms with Gasteiger partial charge in [0.25, 0.3) is 0 Å². The summed E-state index contributed by atoms with van der Waals surface area (Å²) in [4.78, 5) is 24.1. The van der Waals surface area contributed by atoms with Gasteiger partial charge in [0, 0.05) is 32.1 Å². The highest BCUT2D eigenvalue weighted by atomic mass is 16.6. The molecule has 1 N–H and O–H groups in total. The van der Waals surface area contributed by atoms with Crippen molar-refractivity contribution >= 4 is 11.9 Å². The van der Waals surface area contributed by atoms with E-state index in [-0.39, 0.29) is 23.3 Å². The minimum absolute atomic E-state index is 0.0468. The van der Waals surface area contributed by atoms with E-state index in [4.69, 9.17) is 14.2 Å². The number of nitrogens with one attached hydrogen (secondary N) is 1. The van der Waals surface area contributed by atoms with Gasteiger partial charge in [0.1, 0.15) is 11.9 Å². The van der Waals surface area contributed by atoms with Crippen LogP contribution < -0.4 is 10.1 Å². The molecule has 1 aromatic rings. The fourth-order valence-electron chi connectivity index (χ4n) is 2.61. The van der Waals surface area contributed by atoms with Crippen molar-refractivity contribution in [3.63, 3.8) is 0 Å². The van der Waals surface area contributed by atoms with E-state index in [2.05, 4.69) is 5.32 Å². The van der Waals surface area contributed by atoms with Crippen LogP contribution in [0.4, 0.5) is 4.79 Å². The lowest BCUT2D eigenvalue weighted by Crippen LogP contribution is -2.43. The maximum Gasteiger partial charge on any atom is 0.407 e. The van der Waals surface area contributed by atoms with Gasteiger partial charge in [-0.3, -0.25) is 4.79 Å². The first-order valence-corrected chi connectivity index (χ1v) is 9.78. The molecule has 0 heterocycles. The Morgan fingerprint density at radius 2 is 1.82 bits per heavy atom. The lowest BCUT2D eigenvalue weighted by atomic mass is 9.97. The molecule has 28 heavy (non-hydrogen) atoms. The third-order valence-corrected chi connectivity index (χ3v) is 4.09. The number of ether oxygens (including phenoxy) is 3. The predicted octanol–water partition coefficient (Wildman–Crippen LogP) is 4.40. The van der Waals surface area contributed by atoms with Gasteiger partial charge in [-0.1, -0.05) is 19.9 Å². The molecular formula is C22H35NO5. The van der Waals surface area contributed by atoms with Crippen LogP contribution >= 0.6 is 0 Å². The molecule has 1 atom stereocenters. The van der Waals surface area contributed by atoms with Gasteiger partial charge in [0.2, 0.25) is 0 Å². The van der Waals surface area contributed by atoms with Crippen LogP contribution in [0.5, 0.6) is 5.75 Å². The second-order valence-electron chi connectivity index (χ2n) is 8.35. The van der Waals surface area contributed by atoms with Gasteiger partial charge < -0.3 is 19.5 Å². The molecule has 1 amide bonds. The Morgan fingerprint density at radius 3 is 2.36 bits per heavy atom. The number of amides is 1. The van der Waals surface area contributed by atoms with Crippen molar-refractivity contribution in [3.05, 3.63) is 29.3 Å². The minimum Gasteiger partial charge on any atom is -0.493 e. The standard InChI is InChI=1S/C22H35NO5/c1-15(2)19(28-21(25)23-22(4,5)6)13-17-9-10-18(16(3)24)20(14-17)27-12-8-11-26-7/h9-10,14-15,19H,8,11-13H2,1-7H3,(H,23,25). The third kappa shape index (κ3) is 8.74. The van der Waals surface area contributed by atoms with E-state index in [0.29, 0.717) is 30.9 Å². The molecule has 0 saturated heterocycles. The number of benzene rings is 1. The minimum atomic E-state index is -0.428. The van der Waals surface area contributed by atoms with Crippen molar-refractivity contribution < 1.29 is 23.8 Å². The molecule has 158 valence electrons. The van der Waals surface area contributed by atoms with Crippen LogP contribution in [0.2, 0.25) is 0 Å². The second-order valence-corrected chi connectivity index (χ2v) is 8.35. The molecule has 0 fully saturated rings. The third-order valence-electron chi connectivity index (χ3n) is 4.09. The van der Waals surface area contributed by atoms with Gasteiger partial charge in [-0.05, 0) is 51.3 Å². The normalized spacial score (nSPS) is 12.6. The highest BCUT2D eigenvalue weighted by Gasteiger charge is 2.22. The number of methoxy groups -OCH3 is 1. The molecule has 1 unspecified atom stereocenters. The van der Waals surface area contributed by atoms with Gasteiger partial charge in [-0.2, -0.15) is 0 Å². The van der Waals surface area contributed by atoms with E-state index in [0.717, 1.165) is 12.0 Å². The van der Waals surface area contributed by atoms with Crippen molar-refractivity contribution in [2.75, 3.05) is 20.3 Å². The van der Waals surface area contributed by atoms with Gasteiger partial charge in [-0.15, -0.1) is 0 Å². The Bertz CT molecular complexity index is 649. The first kappa shape index (κ1) is 24.0. The highest BCUT2D eigenvalue weighted by Crippen LogP contribution is 2.24. The van der Waals surface area contributed by atoms with Crippen molar-refractivity contribution in [1.29, 1.82) is 0 Å². The summed E-state index contributed by atoms with van der Waals surface area (Å²) in [6.07, 6.45) is 0.569. The zero-order chi connectivity index (χ0) is 21.3. The summed E-state index contributed by atoms with van der Waals surface area (Å²) in [5, 5.41) is 2.82. The van der Waals surface area contributed by atoms with Crippen LogP contribution in [-0.2, 0) is 15.9 Å². The Morgan fingerprint density at radius 1 is 1.14 bits per heavy atom. The van der Waals surface area contributed by atoms with E-state index in [1.807, 2.05) is 46.8 Å². The van der Waals surface area contributed by atoms with Crippen LogP contribution in [0.25, 0.3) is 0 Å². The van der Waals surface area contributed by atoms with Crippen molar-refractivity contribution in [2.24, 2.45) is 5.92 Å². The van der Waals surface area contributed by atoms with E-state index in [1.54, 1.807) is 13.2 Å². The zero-order valence-corrected chi connectivity index (χ0v) is 18.3. The lowest BCUT2D eigenvalue weighted by molar-refractivity contribution is 0.0662. The average Bonchev–Trinajstić information content (AvgIpc) is 2.56. The zero-order valence-electron chi connectivity index (χ0n) is 18.3. The van der Waals surface area contributed by atoms with Gasteiger partial charge in [-0.25, -0.2) is 4.79 Å². The Hall–Kier alpha value is -2.08. The number of alkyl carbamates (subject to hydrolysis) is 1. The molecule has 0 bridgehead atoms. The molecule has 0 aliphatic carbocycles. The summed E-state index contributed by atoms with van der Waals surface area (Å²) in [5.41, 5.74) is 1.15. The SMILES string of the molecule is COCCCOc1cc(CC(OC(=O)NC(C)(C)C)C(C)C)ccc1C(C)=O. The number of ketones is 1. The summed E-state index contributed by atoms with van der Waals surface area (Å²) >= 11 is 0. The largest absolute Gasteiger partial charge is 0.493 e. The van der Waals surface area contributed by atoms with E-state index in [1.165, 1.54) is 6.92 Å². The molecular weight excluding hydrogens is 358 g/mol.